The van der Waals surface area contributed by atoms with Gasteiger partial charge in [-0.05, 0) is 58.3 Å². The molecule has 0 aliphatic carbocycles. The quantitative estimate of drug-likeness (QED) is 0.359. The summed E-state index contributed by atoms with van der Waals surface area (Å²) in [5, 5.41) is 14.4. The second-order valence-corrected chi connectivity index (χ2v) is 8.10. The van der Waals surface area contributed by atoms with Crippen molar-refractivity contribution in [1.29, 1.82) is 0 Å². The van der Waals surface area contributed by atoms with Gasteiger partial charge in [-0.2, -0.15) is 0 Å². The number of aromatic hydroxyl groups is 1. The number of rotatable bonds is 4. The fourth-order valence-electron chi connectivity index (χ4n) is 3.80. The van der Waals surface area contributed by atoms with Crippen LogP contribution < -0.4 is 4.74 Å². The first kappa shape index (κ1) is 18.5. The predicted octanol–water partition coefficient (Wildman–Crippen LogP) is 6.13. The molecular weight excluding hydrogens is 396 g/mol. The molecule has 0 saturated heterocycles. The molecule has 0 bridgehead atoms. The third kappa shape index (κ3) is 3.13. The molecule has 0 amide bonds. The molecule has 4 aromatic carbocycles. The molecule has 5 aromatic rings. The lowest BCUT2D eigenvalue weighted by molar-refractivity contribution is -0.142. The summed E-state index contributed by atoms with van der Waals surface area (Å²) in [5.41, 5.74) is 2.21. The minimum atomic E-state index is -0.410. The number of hydrogen-bond donors (Lipinski definition) is 1. The van der Waals surface area contributed by atoms with Crippen LogP contribution in [-0.4, -0.2) is 24.8 Å². The smallest absolute Gasteiger partial charge is 0.343 e. The van der Waals surface area contributed by atoms with Crippen LogP contribution in [0.5, 0.6) is 11.5 Å². The average molecular weight is 414 g/mol. The van der Waals surface area contributed by atoms with Gasteiger partial charge in [0.05, 0.1) is 7.11 Å². The highest BCUT2D eigenvalue weighted by Gasteiger charge is 2.16. The Balaban J connectivity index is 1.76. The lowest BCUT2D eigenvalue weighted by Gasteiger charge is -2.10. The van der Waals surface area contributed by atoms with Crippen molar-refractivity contribution in [2.45, 2.75) is 0 Å². The summed E-state index contributed by atoms with van der Waals surface area (Å²) >= 11 is 1.70. The van der Waals surface area contributed by atoms with Gasteiger partial charge >= 0.3 is 5.97 Å². The van der Waals surface area contributed by atoms with Gasteiger partial charge in [0.1, 0.15) is 11.5 Å². The molecule has 4 nitrogen and oxygen atoms in total. The van der Waals surface area contributed by atoms with E-state index >= 15 is 0 Å². The molecule has 0 atom stereocenters. The Morgan fingerprint density at radius 2 is 1.73 bits per heavy atom. The minimum Gasteiger partial charge on any atom is -0.508 e. The number of hydrogen-bond acceptors (Lipinski definition) is 5. The number of benzene rings is 4. The van der Waals surface area contributed by atoms with Gasteiger partial charge in [-0.3, -0.25) is 0 Å². The second-order valence-electron chi connectivity index (χ2n) is 7.02. The molecule has 5 rings (SSSR count). The van der Waals surface area contributed by atoms with Crippen LogP contribution in [0.4, 0.5) is 0 Å². The number of carbonyl (C=O) groups is 1. The van der Waals surface area contributed by atoms with Gasteiger partial charge in [-0.25, -0.2) is 4.79 Å². The van der Waals surface area contributed by atoms with Gasteiger partial charge in [-0.15, -0.1) is 11.3 Å². The Morgan fingerprint density at radius 3 is 2.53 bits per heavy atom. The summed E-state index contributed by atoms with van der Waals surface area (Å²) in [4.78, 5) is 11.4. The second kappa shape index (κ2) is 7.35. The van der Waals surface area contributed by atoms with Crippen molar-refractivity contribution < 1.29 is 19.4 Å². The van der Waals surface area contributed by atoms with Crippen molar-refractivity contribution in [3.63, 3.8) is 0 Å². The SMILES string of the molecule is COC(=O)COc1ccc2c(c1)sc1cc3ccccc3c(-c3ccc(O)cc3)c12. The molecular formula is C25H18O4S. The molecule has 30 heavy (non-hydrogen) atoms. The Hall–Kier alpha value is -3.57. The number of fused-ring (bicyclic) bond motifs is 4. The van der Waals surface area contributed by atoms with Gasteiger partial charge < -0.3 is 14.6 Å². The van der Waals surface area contributed by atoms with Crippen molar-refractivity contribution in [1.82, 2.24) is 0 Å². The van der Waals surface area contributed by atoms with E-state index in [1.54, 1.807) is 23.5 Å². The van der Waals surface area contributed by atoms with Crippen LogP contribution >= 0.6 is 11.3 Å². The molecule has 1 N–H and O–H groups in total. The molecule has 1 aromatic heterocycles. The first-order chi connectivity index (χ1) is 14.6. The van der Waals surface area contributed by atoms with Crippen LogP contribution in [0, 0.1) is 0 Å². The van der Waals surface area contributed by atoms with Crippen molar-refractivity contribution in [2.75, 3.05) is 13.7 Å². The molecule has 0 aliphatic heterocycles. The Morgan fingerprint density at radius 1 is 0.933 bits per heavy atom. The topological polar surface area (TPSA) is 55.8 Å². The number of carbonyl (C=O) groups excluding carboxylic acids is 1. The largest absolute Gasteiger partial charge is 0.508 e. The van der Waals surface area contributed by atoms with Crippen LogP contribution in [0.15, 0.2) is 72.8 Å². The molecule has 0 radical (unpaired) electrons. The number of phenols is 1. The zero-order valence-electron chi connectivity index (χ0n) is 16.2. The summed E-state index contributed by atoms with van der Waals surface area (Å²) in [6, 6.07) is 23.8. The van der Waals surface area contributed by atoms with Gasteiger partial charge in [0.15, 0.2) is 6.61 Å². The van der Waals surface area contributed by atoms with Crippen molar-refractivity contribution >= 4 is 48.3 Å². The first-order valence-corrected chi connectivity index (χ1v) is 10.3. The van der Waals surface area contributed by atoms with Crippen molar-refractivity contribution in [2.24, 2.45) is 0 Å². The molecule has 0 fully saturated rings. The monoisotopic (exact) mass is 414 g/mol. The summed E-state index contributed by atoms with van der Waals surface area (Å²) in [6.45, 7) is -0.116. The fraction of sp³-hybridized carbons (Fsp3) is 0.0800. The summed E-state index contributed by atoms with van der Waals surface area (Å²) < 4.78 is 12.5. The summed E-state index contributed by atoms with van der Waals surface area (Å²) in [7, 11) is 1.34. The number of thiophene rings is 1. The summed E-state index contributed by atoms with van der Waals surface area (Å²) in [5.74, 6) is 0.473. The maximum atomic E-state index is 11.4. The third-order valence-electron chi connectivity index (χ3n) is 5.20. The lowest BCUT2D eigenvalue weighted by atomic mass is 9.93. The molecule has 0 saturated carbocycles. The third-order valence-corrected chi connectivity index (χ3v) is 6.30. The zero-order valence-corrected chi connectivity index (χ0v) is 17.0. The standard InChI is InChI=1S/C25H18O4S/c1-28-23(27)14-29-18-10-11-20-21(13-18)30-22-12-16-4-2-3-5-19(16)24(25(20)22)15-6-8-17(26)9-7-15/h2-13,26H,14H2,1H3. The Kier molecular flexibility index (Phi) is 4.52. The van der Waals surface area contributed by atoms with E-state index in [0.29, 0.717) is 5.75 Å². The molecule has 1 heterocycles. The fourth-order valence-corrected chi connectivity index (χ4v) is 4.99. The predicted molar refractivity (Wildman–Crippen MR) is 121 cm³/mol. The van der Waals surface area contributed by atoms with Crippen LogP contribution in [-0.2, 0) is 9.53 Å². The van der Waals surface area contributed by atoms with E-state index < -0.39 is 5.97 Å². The maximum absolute atomic E-state index is 11.4. The van der Waals surface area contributed by atoms with E-state index in [0.717, 1.165) is 21.2 Å². The number of ether oxygens (including phenoxy) is 2. The summed E-state index contributed by atoms with van der Waals surface area (Å²) in [6.07, 6.45) is 0. The van der Waals surface area contributed by atoms with E-state index in [2.05, 4.69) is 22.9 Å². The lowest BCUT2D eigenvalue weighted by Crippen LogP contribution is -2.12. The molecule has 148 valence electrons. The highest BCUT2D eigenvalue weighted by atomic mass is 32.1. The average Bonchev–Trinajstić information content (AvgIpc) is 3.13. The van der Waals surface area contributed by atoms with E-state index in [-0.39, 0.29) is 12.4 Å². The van der Waals surface area contributed by atoms with Gasteiger partial charge in [0, 0.05) is 20.2 Å². The van der Waals surface area contributed by atoms with Gasteiger partial charge in [0.25, 0.3) is 0 Å². The number of esters is 1. The Labute approximate surface area is 176 Å². The highest BCUT2D eigenvalue weighted by Crippen LogP contribution is 2.45. The normalized spacial score (nSPS) is 11.2. The van der Waals surface area contributed by atoms with Gasteiger partial charge in [0.2, 0.25) is 0 Å². The van der Waals surface area contributed by atoms with Crippen LogP contribution in [0.2, 0.25) is 0 Å². The van der Waals surface area contributed by atoms with E-state index in [4.69, 9.17) is 4.74 Å². The van der Waals surface area contributed by atoms with E-state index in [1.165, 1.54) is 28.0 Å². The van der Waals surface area contributed by atoms with Gasteiger partial charge in [-0.1, -0.05) is 36.4 Å². The molecule has 5 heteroatoms. The first-order valence-electron chi connectivity index (χ1n) is 9.51. The highest BCUT2D eigenvalue weighted by molar-refractivity contribution is 7.26. The van der Waals surface area contributed by atoms with E-state index in [9.17, 15) is 9.90 Å². The Bertz CT molecular complexity index is 1400. The molecule has 0 unspecified atom stereocenters. The van der Waals surface area contributed by atoms with Crippen LogP contribution in [0.25, 0.3) is 42.1 Å². The van der Waals surface area contributed by atoms with Crippen LogP contribution in [0.3, 0.4) is 0 Å². The van der Waals surface area contributed by atoms with Crippen LogP contribution in [0.1, 0.15) is 0 Å². The van der Waals surface area contributed by atoms with Crippen molar-refractivity contribution in [3.8, 4) is 22.6 Å². The van der Waals surface area contributed by atoms with E-state index in [1.807, 2.05) is 42.5 Å². The number of phenolic OH excluding ortho intramolecular Hbond substituents is 1. The molecule has 0 aliphatic rings. The van der Waals surface area contributed by atoms with Crippen molar-refractivity contribution in [3.05, 3.63) is 72.8 Å². The minimum absolute atomic E-state index is 0.116. The zero-order chi connectivity index (χ0) is 20.7. The maximum Gasteiger partial charge on any atom is 0.343 e. The number of methoxy groups -OCH3 is 1. The molecule has 0 spiro atoms.